The highest BCUT2D eigenvalue weighted by molar-refractivity contribution is 5.76. The maximum Gasteiger partial charge on any atom is 0.221 e. The first kappa shape index (κ1) is 22.7. The van der Waals surface area contributed by atoms with Gasteiger partial charge in [-0.3, -0.25) is 4.79 Å². The fourth-order valence-corrected chi connectivity index (χ4v) is 3.81. The van der Waals surface area contributed by atoms with E-state index in [1.165, 1.54) is 11.1 Å². The summed E-state index contributed by atoms with van der Waals surface area (Å²) in [7, 11) is 2.05. The molecule has 6 bridgehead atoms. The molecule has 5 rings (SSSR count). The quantitative estimate of drug-likeness (QED) is 0.546. The number of hydrogen-bond donors (Lipinski definition) is 2. The topological polar surface area (TPSA) is 79.4 Å². The summed E-state index contributed by atoms with van der Waals surface area (Å²) >= 11 is 0. The molecule has 0 saturated carbocycles. The van der Waals surface area contributed by atoms with Gasteiger partial charge < -0.3 is 20.3 Å². The maximum absolute atomic E-state index is 12.2. The summed E-state index contributed by atoms with van der Waals surface area (Å²) in [6.07, 6.45) is 4.60. The van der Waals surface area contributed by atoms with Crippen LogP contribution in [0.4, 0.5) is 11.5 Å². The van der Waals surface area contributed by atoms with Crippen LogP contribution in [0.5, 0.6) is 5.75 Å². The first-order chi connectivity index (χ1) is 16.1. The van der Waals surface area contributed by atoms with Crippen molar-refractivity contribution in [3.05, 3.63) is 77.7 Å². The van der Waals surface area contributed by atoms with Crippen LogP contribution in [0.25, 0.3) is 0 Å². The van der Waals surface area contributed by atoms with Crippen molar-refractivity contribution in [3.8, 4) is 5.75 Å². The van der Waals surface area contributed by atoms with Gasteiger partial charge in [0.25, 0.3) is 0 Å². The molecule has 0 radical (unpaired) electrons. The van der Waals surface area contributed by atoms with E-state index in [2.05, 4.69) is 49.8 Å². The van der Waals surface area contributed by atoms with Crippen LogP contribution in [0.15, 0.2) is 60.9 Å². The highest BCUT2D eigenvalue weighted by atomic mass is 16.5. The monoisotopic (exact) mass is 445 g/mol. The number of carbonyl (C=O) groups is 1. The lowest BCUT2D eigenvalue weighted by atomic mass is 10.1. The molecule has 0 aliphatic carbocycles. The van der Waals surface area contributed by atoms with Gasteiger partial charge in [-0.15, -0.1) is 0 Å². The third kappa shape index (κ3) is 7.29. The normalized spacial score (nSPS) is 16.3. The van der Waals surface area contributed by atoms with E-state index in [9.17, 15) is 4.79 Å². The third-order valence-electron chi connectivity index (χ3n) is 5.56. The van der Waals surface area contributed by atoms with Gasteiger partial charge in [0, 0.05) is 44.2 Å². The number of nitrogens with zero attached hydrogens (tertiary/aromatic N) is 3. The van der Waals surface area contributed by atoms with E-state index in [0.717, 1.165) is 55.3 Å². The molecule has 2 aliphatic heterocycles. The van der Waals surface area contributed by atoms with Gasteiger partial charge in [-0.1, -0.05) is 24.3 Å². The van der Waals surface area contributed by atoms with Crippen LogP contribution in [-0.4, -0.2) is 47.5 Å². The van der Waals surface area contributed by atoms with E-state index in [4.69, 9.17) is 4.74 Å². The molecule has 3 aromatic rings. The molecular weight excluding hydrogens is 414 g/mol. The largest absolute Gasteiger partial charge is 0.494 e. The first-order valence-electron chi connectivity index (χ1n) is 11.5. The predicted molar refractivity (Wildman–Crippen MR) is 130 cm³/mol. The Labute approximate surface area is 195 Å². The van der Waals surface area contributed by atoms with Gasteiger partial charge in [-0.25, -0.2) is 9.97 Å². The number of nitrogens with one attached hydrogen (secondary N) is 2. The van der Waals surface area contributed by atoms with Gasteiger partial charge in [-0.05, 0) is 55.3 Å². The van der Waals surface area contributed by atoms with Crippen LogP contribution < -0.4 is 15.4 Å². The average Bonchev–Trinajstić information content (AvgIpc) is 2.81. The van der Waals surface area contributed by atoms with Crippen molar-refractivity contribution in [3.63, 3.8) is 0 Å². The average molecular weight is 446 g/mol. The summed E-state index contributed by atoms with van der Waals surface area (Å²) in [5, 5.41) is 6.35. The molecule has 0 spiro atoms. The lowest BCUT2D eigenvalue weighted by molar-refractivity contribution is -0.121. The zero-order chi connectivity index (χ0) is 22.9. The number of carbonyl (C=O) groups excluding carboxylic acids is 1. The summed E-state index contributed by atoms with van der Waals surface area (Å²) in [6.45, 7) is 2.82. The number of ether oxygens (including phenoxy) is 1. The molecule has 1 amide bonds. The SMILES string of the molecule is CN1CCC(=O)NCCCCOc2ccc(cc2)Nc2cc(ncn2)Cc2cccc(c2)C1. The van der Waals surface area contributed by atoms with E-state index in [1.807, 2.05) is 37.4 Å². The molecule has 33 heavy (non-hydrogen) atoms. The molecule has 0 atom stereocenters. The number of benzene rings is 2. The zero-order valence-corrected chi connectivity index (χ0v) is 19.1. The molecule has 3 heterocycles. The van der Waals surface area contributed by atoms with E-state index in [-0.39, 0.29) is 5.91 Å². The lowest BCUT2D eigenvalue weighted by Gasteiger charge is -2.17. The summed E-state index contributed by atoms with van der Waals surface area (Å²) in [4.78, 5) is 23.2. The minimum Gasteiger partial charge on any atom is -0.494 e. The fourth-order valence-electron chi connectivity index (χ4n) is 3.81. The molecular formula is C26H31N5O2. The van der Waals surface area contributed by atoms with Gasteiger partial charge in [0.2, 0.25) is 5.91 Å². The van der Waals surface area contributed by atoms with Crippen molar-refractivity contribution >= 4 is 17.4 Å². The van der Waals surface area contributed by atoms with E-state index >= 15 is 0 Å². The molecule has 1 aromatic heterocycles. The van der Waals surface area contributed by atoms with Crippen molar-refractivity contribution in [2.75, 3.05) is 32.1 Å². The van der Waals surface area contributed by atoms with E-state index < -0.39 is 0 Å². The van der Waals surface area contributed by atoms with Crippen molar-refractivity contribution in [1.29, 1.82) is 0 Å². The zero-order valence-electron chi connectivity index (χ0n) is 19.1. The van der Waals surface area contributed by atoms with Crippen LogP contribution in [0.1, 0.15) is 36.1 Å². The molecule has 7 nitrogen and oxygen atoms in total. The van der Waals surface area contributed by atoms with Crippen LogP contribution >= 0.6 is 0 Å². The van der Waals surface area contributed by atoms with Crippen LogP contribution in [0, 0.1) is 0 Å². The fraction of sp³-hybridized carbons (Fsp3) is 0.346. The number of hydrogen-bond acceptors (Lipinski definition) is 6. The Morgan fingerprint density at radius 3 is 2.73 bits per heavy atom. The van der Waals surface area contributed by atoms with Crippen molar-refractivity contribution < 1.29 is 9.53 Å². The number of fused-ring (bicyclic) bond motifs is 12. The van der Waals surface area contributed by atoms with Gasteiger partial charge in [0.15, 0.2) is 0 Å². The summed E-state index contributed by atoms with van der Waals surface area (Å²) < 4.78 is 5.82. The minimum absolute atomic E-state index is 0.0950. The van der Waals surface area contributed by atoms with E-state index in [0.29, 0.717) is 19.6 Å². The minimum atomic E-state index is 0.0950. The maximum atomic E-state index is 12.2. The number of amides is 1. The van der Waals surface area contributed by atoms with Crippen molar-refractivity contribution in [1.82, 2.24) is 20.2 Å². The molecule has 7 heteroatoms. The molecule has 0 fully saturated rings. The predicted octanol–water partition coefficient (Wildman–Crippen LogP) is 3.92. The second-order valence-electron chi connectivity index (χ2n) is 8.43. The molecule has 172 valence electrons. The number of rotatable bonds is 0. The Balaban J connectivity index is 1.50. The van der Waals surface area contributed by atoms with E-state index in [1.54, 1.807) is 6.33 Å². The second kappa shape index (κ2) is 11.4. The lowest BCUT2D eigenvalue weighted by Crippen LogP contribution is -2.29. The highest BCUT2D eigenvalue weighted by Gasteiger charge is 2.08. The van der Waals surface area contributed by atoms with Gasteiger partial charge in [0.05, 0.1) is 12.3 Å². The standard InChI is InChI=1S/C26H31N5O2/c1-31-13-11-26(32)27-12-2-3-14-33-24-9-7-22(8-10-24)30-25-17-23(28-19-29-25)16-20-5-4-6-21(15-20)18-31/h4-10,15,17,19H,2-3,11-14,16,18H2,1H3,(H,27,32)(H,28,29,30). The van der Waals surface area contributed by atoms with Gasteiger partial charge in [0.1, 0.15) is 17.9 Å². The Hall–Kier alpha value is -3.45. The highest BCUT2D eigenvalue weighted by Crippen LogP contribution is 2.20. The summed E-state index contributed by atoms with van der Waals surface area (Å²) in [5.74, 6) is 1.69. The van der Waals surface area contributed by atoms with Crippen LogP contribution in [0.2, 0.25) is 0 Å². The summed E-state index contributed by atoms with van der Waals surface area (Å²) in [6, 6.07) is 18.4. The second-order valence-corrected chi connectivity index (χ2v) is 8.43. The van der Waals surface area contributed by atoms with Gasteiger partial charge in [-0.2, -0.15) is 0 Å². The molecule has 0 saturated heterocycles. The van der Waals surface area contributed by atoms with Crippen LogP contribution in [-0.2, 0) is 17.8 Å². The van der Waals surface area contributed by atoms with Crippen LogP contribution in [0.3, 0.4) is 0 Å². The Morgan fingerprint density at radius 1 is 1.00 bits per heavy atom. The molecule has 2 aromatic carbocycles. The third-order valence-corrected chi connectivity index (χ3v) is 5.56. The summed E-state index contributed by atoms with van der Waals surface area (Å²) in [5.41, 5.74) is 4.32. The molecule has 2 N–H and O–H groups in total. The Kier molecular flexibility index (Phi) is 7.87. The van der Waals surface area contributed by atoms with Gasteiger partial charge >= 0.3 is 0 Å². The Bertz CT molecular complexity index is 1050. The van der Waals surface area contributed by atoms with Crippen molar-refractivity contribution in [2.24, 2.45) is 0 Å². The first-order valence-corrected chi connectivity index (χ1v) is 11.5. The Morgan fingerprint density at radius 2 is 1.85 bits per heavy atom. The number of anilines is 2. The van der Waals surface area contributed by atoms with Crippen molar-refractivity contribution in [2.45, 2.75) is 32.2 Å². The molecule has 0 unspecified atom stereocenters. The smallest absolute Gasteiger partial charge is 0.221 e. The molecule has 2 aliphatic rings. The number of aromatic nitrogens is 2.